The van der Waals surface area contributed by atoms with Gasteiger partial charge >= 0.3 is 6.09 Å². The Kier molecular flexibility index (Phi) is 4.26. The van der Waals surface area contributed by atoms with E-state index < -0.39 is 11.7 Å². The Morgan fingerprint density at radius 2 is 2.12 bits per heavy atom. The Bertz CT molecular complexity index is 402. The Morgan fingerprint density at radius 1 is 1.41 bits per heavy atom. The molecule has 0 aliphatic carbocycles. The van der Waals surface area contributed by atoms with E-state index in [0.717, 1.165) is 5.56 Å². The highest BCUT2D eigenvalue weighted by Crippen LogP contribution is 2.10. The van der Waals surface area contributed by atoms with Gasteiger partial charge in [-0.1, -0.05) is 12.2 Å². The third-order valence-corrected chi connectivity index (χ3v) is 1.77. The minimum absolute atomic E-state index is 0.479. The molecule has 0 spiro atoms. The van der Waals surface area contributed by atoms with Crippen molar-refractivity contribution in [1.82, 2.24) is 4.98 Å². The van der Waals surface area contributed by atoms with E-state index in [9.17, 15) is 4.79 Å². The number of amides is 1. The molecule has 0 aliphatic rings. The fourth-order valence-electron chi connectivity index (χ4n) is 1.18. The molecule has 0 atom stereocenters. The summed E-state index contributed by atoms with van der Waals surface area (Å²) < 4.78 is 5.12. The lowest BCUT2D eigenvalue weighted by atomic mass is 10.2. The lowest BCUT2D eigenvalue weighted by Gasteiger charge is -2.19. The number of nitrogens with zero attached hydrogens (tertiary/aromatic N) is 1. The Morgan fingerprint density at radius 3 is 2.59 bits per heavy atom. The third-order valence-electron chi connectivity index (χ3n) is 1.77. The summed E-state index contributed by atoms with van der Waals surface area (Å²) in [6.45, 7) is 7.38. The molecule has 0 saturated carbocycles. The normalized spacial score (nSPS) is 11.5. The molecule has 92 valence electrons. The lowest BCUT2D eigenvalue weighted by Crippen LogP contribution is -2.27. The summed E-state index contributed by atoms with van der Waals surface area (Å²) in [5.74, 6) is 0.479. The van der Waals surface area contributed by atoms with Crippen LogP contribution in [0.5, 0.6) is 0 Å². The first kappa shape index (κ1) is 13.2. The summed E-state index contributed by atoms with van der Waals surface area (Å²) in [5.41, 5.74) is 0.483. The van der Waals surface area contributed by atoms with Crippen LogP contribution in [0.2, 0.25) is 0 Å². The summed E-state index contributed by atoms with van der Waals surface area (Å²) in [5, 5.41) is 2.57. The second-order valence-electron chi connectivity index (χ2n) is 4.60. The standard InChI is InChI=1S/C13H18N2O2/c1-5-6-10-7-8-11(14-9-10)15-12(16)17-13(2,3)4/h5-9H,1-4H3,(H,14,15,16). The Hall–Kier alpha value is -1.84. The number of hydrogen-bond donors (Lipinski definition) is 1. The predicted molar refractivity (Wildman–Crippen MR) is 68.8 cm³/mol. The summed E-state index contributed by atoms with van der Waals surface area (Å²) in [6, 6.07) is 3.61. The number of rotatable bonds is 2. The summed E-state index contributed by atoms with van der Waals surface area (Å²) in [4.78, 5) is 15.6. The molecule has 1 rings (SSSR count). The fourth-order valence-corrected chi connectivity index (χ4v) is 1.18. The van der Waals surface area contributed by atoms with Crippen molar-refractivity contribution in [3.63, 3.8) is 0 Å². The van der Waals surface area contributed by atoms with Gasteiger partial charge in [0.1, 0.15) is 11.4 Å². The quantitative estimate of drug-likeness (QED) is 0.852. The zero-order valence-corrected chi connectivity index (χ0v) is 10.7. The molecule has 0 unspecified atom stereocenters. The van der Waals surface area contributed by atoms with Crippen molar-refractivity contribution in [2.75, 3.05) is 5.32 Å². The van der Waals surface area contributed by atoms with E-state index in [2.05, 4.69) is 10.3 Å². The van der Waals surface area contributed by atoms with Gasteiger partial charge in [-0.3, -0.25) is 5.32 Å². The fraction of sp³-hybridized carbons (Fsp3) is 0.385. The van der Waals surface area contributed by atoms with Gasteiger partial charge in [0.05, 0.1) is 0 Å². The van der Waals surface area contributed by atoms with Gasteiger partial charge in [-0.2, -0.15) is 0 Å². The van der Waals surface area contributed by atoms with Gasteiger partial charge in [-0.05, 0) is 45.4 Å². The van der Waals surface area contributed by atoms with E-state index in [4.69, 9.17) is 4.74 Å². The topological polar surface area (TPSA) is 51.2 Å². The van der Waals surface area contributed by atoms with Crippen LogP contribution in [0.25, 0.3) is 6.08 Å². The van der Waals surface area contributed by atoms with Crippen molar-refractivity contribution in [3.8, 4) is 0 Å². The van der Waals surface area contributed by atoms with Crippen LogP contribution in [-0.2, 0) is 4.74 Å². The number of allylic oxidation sites excluding steroid dienone is 1. The predicted octanol–water partition coefficient (Wildman–Crippen LogP) is 3.46. The van der Waals surface area contributed by atoms with Crippen LogP contribution < -0.4 is 5.32 Å². The van der Waals surface area contributed by atoms with E-state index in [1.54, 1.807) is 12.3 Å². The van der Waals surface area contributed by atoms with Crippen molar-refractivity contribution in [2.45, 2.75) is 33.3 Å². The van der Waals surface area contributed by atoms with Crippen LogP contribution in [0.15, 0.2) is 24.4 Å². The molecule has 1 N–H and O–H groups in total. The molecule has 4 heteroatoms. The van der Waals surface area contributed by atoms with Crippen LogP contribution in [-0.4, -0.2) is 16.7 Å². The van der Waals surface area contributed by atoms with Crippen molar-refractivity contribution >= 4 is 18.0 Å². The number of aromatic nitrogens is 1. The van der Waals surface area contributed by atoms with Crippen LogP contribution in [0.4, 0.5) is 10.6 Å². The summed E-state index contributed by atoms with van der Waals surface area (Å²) >= 11 is 0. The molecule has 1 amide bonds. The van der Waals surface area contributed by atoms with E-state index >= 15 is 0 Å². The molecule has 1 aromatic heterocycles. The van der Waals surface area contributed by atoms with E-state index in [1.807, 2.05) is 45.9 Å². The molecule has 17 heavy (non-hydrogen) atoms. The number of nitrogens with one attached hydrogen (secondary N) is 1. The number of pyridine rings is 1. The Labute approximate surface area is 102 Å². The Balaban J connectivity index is 2.60. The maximum atomic E-state index is 11.5. The summed E-state index contributed by atoms with van der Waals surface area (Å²) in [7, 11) is 0. The maximum absolute atomic E-state index is 11.5. The number of ether oxygens (including phenoxy) is 1. The van der Waals surface area contributed by atoms with Gasteiger partial charge < -0.3 is 4.74 Å². The van der Waals surface area contributed by atoms with Crippen LogP contribution in [0.3, 0.4) is 0 Å². The highest BCUT2D eigenvalue weighted by molar-refractivity contribution is 5.83. The van der Waals surface area contributed by atoms with Gasteiger partial charge in [0.2, 0.25) is 0 Å². The molecule has 0 fully saturated rings. The highest BCUT2D eigenvalue weighted by atomic mass is 16.6. The number of hydrogen-bond acceptors (Lipinski definition) is 3. The first-order valence-corrected chi connectivity index (χ1v) is 5.49. The van der Waals surface area contributed by atoms with E-state index in [0.29, 0.717) is 5.82 Å². The van der Waals surface area contributed by atoms with E-state index in [1.165, 1.54) is 0 Å². The minimum atomic E-state index is -0.505. The highest BCUT2D eigenvalue weighted by Gasteiger charge is 2.16. The molecular formula is C13H18N2O2. The molecule has 0 aromatic carbocycles. The number of carbonyl (C=O) groups is 1. The average Bonchev–Trinajstić information content (AvgIpc) is 2.18. The second kappa shape index (κ2) is 5.48. The molecule has 4 nitrogen and oxygen atoms in total. The molecule has 0 aliphatic heterocycles. The molecule has 0 saturated heterocycles. The van der Waals surface area contributed by atoms with Crippen molar-refractivity contribution in [3.05, 3.63) is 30.0 Å². The van der Waals surface area contributed by atoms with Gasteiger partial charge in [0.25, 0.3) is 0 Å². The molecule has 0 radical (unpaired) electrons. The summed E-state index contributed by atoms with van der Waals surface area (Å²) in [6.07, 6.45) is 5.05. The largest absolute Gasteiger partial charge is 0.444 e. The first-order valence-electron chi connectivity index (χ1n) is 5.49. The lowest BCUT2D eigenvalue weighted by molar-refractivity contribution is 0.0635. The second-order valence-corrected chi connectivity index (χ2v) is 4.60. The zero-order chi connectivity index (χ0) is 12.9. The number of anilines is 1. The van der Waals surface area contributed by atoms with Gasteiger partial charge in [-0.15, -0.1) is 0 Å². The van der Waals surface area contributed by atoms with Crippen LogP contribution in [0.1, 0.15) is 33.3 Å². The maximum Gasteiger partial charge on any atom is 0.413 e. The van der Waals surface area contributed by atoms with Crippen LogP contribution >= 0.6 is 0 Å². The monoisotopic (exact) mass is 234 g/mol. The minimum Gasteiger partial charge on any atom is -0.444 e. The molecule has 0 bridgehead atoms. The van der Waals surface area contributed by atoms with Gasteiger partial charge in [0.15, 0.2) is 0 Å². The van der Waals surface area contributed by atoms with Crippen LogP contribution in [0, 0.1) is 0 Å². The van der Waals surface area contributed by atoms with Gasteiger partial charge in [-0.25, -0.2) is 9.78 Å². The third kappa shape index (κ3) is 5.15. The van der Waals surface area contributed by atoms with Gasteiger partial charge in [0, 0.05) is 6.20 Å². The smallest absolute Gasteiger partial charge is 0.413 e. The molecular weight excluding hydrogens is 216 g/mol. The number of carbonyl (C=O) groups excluding carboxylic acids is 1. The first-order chi connectivity index (χ1) is 7.90. The zero-order valence-electron chi connectivity index (χ0n) is 10.7. The SMILES string of the molecule is CC=Cc1ccc(NC(=O)OC(C)(C)C)nc1. The molecule has 1 aromatic rings. The average molecular weight is 234 g/mol. The van der Waals surface area contributed by atoms with Crippen molar-refractivity contribution in [2.24, 2.45) is 0 Å². The van der Waals surface area contributed by atoms with E-state index in [-0.39, 0.29) is 0 Å². The molecule has 1 heterocycles. The van der Waals surface area contributed by atoms with Crippen molar-refractivity contribution in [1.29, 1.82) is 0 Å². The van der Waals surface area contributed by atoms with Crippen molar-refractivity contribution < 1.29 is 9.53 Å².